The molecule has 0 aliphatic rings. The van der Waals surface area contributed by atoms with E-state index < -0.39 is 23.2 Å². The first-order valence-corrected chi connectivity index (χ1v) is 4.15. The molecule has 0 radical (unpaired) electrons. The average molecular weight is 214 g/mol. The van der Waals surface area contributed by atoms with E-state index in [2.05, 4.69) is 6.58 Å². The van der Waals surface area contributed by atoms with Crippen molar-refractivity contribution in [3.05, 3.63) is 47.5 Å². The van der Waals surface area contributed by atoms with Crippen molar-refractivity contribution in [1.82, 2.24) is 0 Å². The number of halogens is 2. The minimum absolute atomic E-state index is 0.895. The van der Waals surface area contributed by atoms with Gasteiger partial charge in [-0.25, -0.2) is 13.6 Å². The monoisotopic (exact) mass is 214 g/mol. The van der Waals surface area contributed by atoms with E-state index >= 15 is 0 Å². The fraction of sp³-hybridized carbons (Fsp3) is 0.182. The van der Waals surface area contributed by atoms with Crippen LogP contribution in [0.1, 0.15) is 24.2 Å². The number of hydrogen-bond donors (Lipinski definition) is 1. The molecular formula is C11H12F2O2. The van der Waals surface area contributed by atoms with Gasteiger partial charge in [0.25, 0.3) is 0 Å². The van der Waals surface area contributed by atoms with Crippen LogP contribution >= 0.6 is 0 Å². The van der Waals surface area contributed by atoms with E-state index in [1.807, 2.05) is 13.8 Å². The second-order valence-electron chi connectivity index (χ2n) is 3.11. The lowest BCUT2D eigenvalue weighted by molar-refractivity contribution is 0.0686. The van der Waals surface area contributed by atoms with E-state index in [0.29, 0.717) is 0 Å². The highest BCUT2D eigenvalue weighted by Crippen LogP contribution is 2.10. The molecule has 1 aromatic rings. The van der Waals surface area contributed by atoms with Gasteiger partial charge in [-0.3, -0.25) is 0 Å². The number of hydrogen-bond acceptors (Lipinski definition) is 1. The summed E-state index contributed by atoms with van der Waals surface area (Å²) in [5.74, 6) is -3.71. The van der Waals surface area contributed by atoms with Gasteiger partial charge in [-0.2, -0.15) is 0 Å². The van der Waals surface area contributed by atoms with Crippen LogP contribution in [0.4, 0.5) is 8.78 Å². The topological polar surface area (TPSA) is 37.3 Å². The van der Waals surface area contributed by atoms with Gasteiger partial charge in [-0.15, -0.1) is 6.58 Å². The quantitative estimate of drug-likeness (QED) is 0.728. The zero-order valence-corrected chi connectivity index (χ0v) is 8.55. The largest absolute Gasteiger partial charge is 0.477 e. The first kappa shape index (κ1) is 13.3. The molecule has 1 aromatic carbocycles. The number of allylic oxidation sites excluding steroid dienone is 1. The summed E-state index contributed by atoms with van der Waals surface area (Å²) < 4.78 is 25.0. The van der Waals surface area contributed by atoms with Crippen molar-refractivity contribution in [3.8, 4) is 0 Å². The van der Waals surface area contributed by atoms with Crippen LogP contribution in [0, 0.1) is 11.6 Å². The van der Waals surface area contributed by atoms with Gasteiger partial charge in [0.2, 0.25) is 0 Å². The molecule has 0 bridgehead atoms. The van der Waals surface area contributed by atoms with Crippen LogP contribution in [0.2, 0.25) is 0 Å². The maximum absolute atomic E-state index is 12.5. The van der Waals surface area contributed by atoms with E-state index in [9.17, 15) is 13.6 Å². The third kappa shape index (κ3) is 4.90. The fourth-order valence-corrected chi connectivity index (χ4v) is 0.702. The number of aromatic carboxylic acids is 1. The van der Waals surface area contributed by atoms with Crippen molar-refractivity contribution in [1.29, 1.82) is 0 Å². The number of carbonyl (C=O) groups is 1. The molecule has 0 spiro atoms. The summed E-state index contributed by atoms with van der Waals surface area (Å²) in [4.78, 5) is 10.2. The summed E-state index contributed by atoms with van der Waals surface area (Å²) in [6.45, 7) is 7.50. The molecule has 0 heterocycles. The highest BCUT2D eigenvalue weighted by atomic mass is 19.1. The van der Waals surface area contributed by atoms with Crippen molar-refractivity contribution in [3.63, 3.8) is 0 Å². The predicted molar refractivity (Wildman–Crippen MR) is 53.8 cm³/mol. The lowest BCUT2D eigenvalue weighted by Gasteiger charge is -1.96. The van der Waals surface area contributed by atoms with Crippen molar-refractivity contribution >= 4 is 5.97 Å². The molecule has 2 nitrogen and oxygen atoms in total. The first-order chi connectivity index (χ1) is 6.86. The molecule has 0 aromatic heterocycles. The van der Waals surface area contributed by atoms with Crippen molar-refractivity contribution in [2.75, 3.05) is 0 Å². The summed E-state index contributed by atoms with van der Waals surface area (Å²) in [6, 6.07) is 2.90. The Bertz CT molecular complexity index is 349. The zero-order valence-electron chi connectivity index (χ0n) is 8.55. The van der Waals surface area contributed by atoms with Gasteiger partial charge in [-0.05, 0) is 26.0 Å². The Labute approximate surface area is 86.9 Å². The molecule has 0 aliphatic carbocycles. The van der Waals surface area contributed by atoms with Crippen molar-refractivity contribution in [2.24, 2.45) is 0 Å². The molecule has 0 saturated heterocycles. The molecule has 1 rings (SSSR count). The van der Waals surface area contributed by atoms with Crippen LogP contribution in [0.5, 0.6) is 0 Å². The molecular weight excluding hydrogens is 202 g/mol. The summed E-state index contributed by atoms with van der Waals surface area (Å²) in [5, 5.41) is 8.27. The Kier molecular flexibility index (Phi) is 5.23. The summed E-state index contributed by atoms with van der Waals surface area (Å²) in [7, 11) is 0. The third-order valence-electron chi connectivity index (χ3n) is 1.18. The smallest absolute Gasteiger partial charge is 0.341 e. The molecule has 0 saturated carbocycles. The summed E-state index contributed by atoms with van der Waals surface area (Å²) >= 11 is 0. The van der Waals surface area contributed by atoms with Gasteiger partial charge in [0.05, 0.1) is 0 Å². The van der Waals surface area contributed by atoms with Gasteiger partial charge >= 0.3 is 5.97 Å². The lowest BCUT2D eigenvalue weighted by atomic mass is 10.2. The SMILES string of the molecule is C=C(C)C.O=C(O)c1c(F)cccc1F. The molecule has 0 amide bonds. The van der Waals surface area contributed by atoms with Gasteiger partial charge in [0, 0.05) is 0 Å². The van der Waals surface area contributed by atoms with Crippen LogP contribution in [0.3, 0.4) is 0 Å². The fourth-order valence-electron chi connectivity index (χ4n) is 0.702. The Balaban J connectivity index is 0.000000423. The lowest BCUT2D eigenvalue weighted by Crippen LogP contribution is -2.03. The van der Waals surface area contributed by atoms with E-state index in [1.54, 1.807) is 0 Å². The zero-order chi connectivity index (χ0) is 12.0. The maximum Gasteiger partial charge on any atom is 0.341 e. The standard InChI is InChI=1S/C7H4F2O2.C4H8/c8-4-2-1-3-5(9)6(4)7(10)11;1-4(2)3/h1-3H,(H,10,11);1H2,2-3H3. The second-order valence-corrected chi connectivity index (χ2v) is 3.11. The van der Waals surface area contributed by atoms with E-state index in [1.165, 1.54) is 5.57 Å². The second kappa shape index (κ2) is 5.90. The third-order valence-corrected chi connectivity index (χ3v) is 1.18. The molecule has 0 aliphatic heterocycles. The van der Waals surface area contributed by atoms with Crippen LogP contribution in [-0.4, -0.2) is 11.1 Å². The predicted octanol–water partition coefficient (Wildman–Crippen LogP) is 3.25. The molecule has 15 heavy (non-hydrogen) atoms. The molecule has 0 unspecified atom stereocenters. The molecule has 1 N–H and O–H groups in total. The van der Waals surface area contributed by atoms with Gasteiger partial charge < -0.3 is 5.11 Å². The average Bonchev–Trinajstić information content (AvgIpc) is 2.01. The van der Waals surface area contributed by atoms with E-state index in [0.717, 1.165) is 18.2 Å². The van der Waals surface area contributed by atoms with Crippen LogP contribution < -0.4 is 0 Å². The number of carboxylic acids is 1. The summed E-state index contributed by atoms with van der Waals surface area (Å²) in [6.07, 6.45) is 0. The number of benzene rings is 1. The van der Waals surface area contributed by atoms with Gasteiger partial charge in [0.15, 0.2) is 0 Å². The van der Waals surface area contributed by atoms with Crippen molar-refractivity contribution < 1.29 is 18.7 Å². The minimum Gasteiger partial charge on any atom is -0.477 e. The van der Waals surface area contributed by atoms with Crippen molar-refractivity contribution in [2.45, 2.75) is 13.8 Å². The van der Waals surface area contributed by atoms with Crippen LogP contribution in [0.15, 0.2) is 30.4 Å². The van der Waals surface area contributed by atoms with Gasteiger partial charge in [-0.1, -0.05) is 11.6 Å². The number of rotatable bonds is 1. The normalized spacial score (nSPS) is 8.80. The highest BCUT2D eigenvalue weighted by molar-refractivity contribution is 5.88. The van der Waals surface area contributed by atoms with Gasteiger partial charge in [0.1, 0.15) is 17.2 Å². The molecule has 0 fully saturated rings. The molecule has 0 atom stereocenters. The number of carboxylic acid groups (broad SMARTS) is 1. The molecule has 4 heteroatoms. The maximum atomic E-state index is 12.5. The van der Waals surface area contributed by atoms with E-state index in [-0.39, 0.29) is 0 Å². The Hall–Kier alpha value is -1.71. The summed E-state index contributed by atoms with van der Waals surface area (Å²) in [5.41, 5.74) is 0.257. The Morgan fingerprint density at radius 1 is 1.27 bits per heavy atom. The molecule has 82 valence electrons. The van der Waals surface area contributed by atoms with Crippen LogP contribution in [-0.2, 0) is 0 Å². The first-order valence-electron chi connectivity index (χ1n) is 4.15. The van der Waals surface area contributed by atoms with E-state index in [4.69, 9.17) is 5.11 Å². The Morgan fingerprint density at radius 3 is 1.80 bits per heavy atom. The minimum atomic E-state index is -1.60. The van der Waals surface area contributed by atoms with Crippen LogP contribution in [0.25, 0.3) is 0 Å². The Morgan fingerprint density at radius 2 is 1.60 bits per heavy atom. The highest BCUT2D eigenvalue weighted by Gasteiger charge is 2.14.